The molecule has 10 heteroatoms. The molecule has 0 unspecified atom stereocenters. The third-order valence-electron chi connectivity index (χ3n) is 12.0. The van der Waals surface area contributed by atoms with Crippen molar-refractivity contribution in [2.24, 2.45) is 0 Å². The standard InChI is InChI=1S/C57H64N2O6S2/c1-40(2)19-17-20-41(3)21-18-22-42(4)35-36-66-38-53(55(61)64-6)58-54(60)52(59-56(62)65-37-51-49-29-15-13-27-47(49)48-28-14-16-30-50(48)51)39-67-57(43-23-9-7-10-24-43,44-25-11-8-12-26-44)45-31-33-46(63-5)34-32-45/h7-16,19,21,23-35,51-53H,17-18,20,22,36-39H2,1-6H3,(H,58,60)(H,59,62)/b41-21+,42-35+/t52-,53-/m0/s1. The number of carbonyl (C=O) groups excluding carboxylic acids is 3. The summed E-state index contributed by atoms with van der Waals surface area (Å²) in [5.74, 6) is 0.495. The molecule has 6 rings (SSSR count). The molecule has 0 aromatic heterocycles. The molecule has 5 aromatic carbocycles. The largest absolute Gasteiger partial charge is 0.497 e. The van der Waals surface area contributed by atoms with Gasteiger partial charge in [0.15, 0.2) is 0 Å². The number of amides is 2. The van der Waals surface area contributed by atoms with Crippen LogP contribution in [0.15, 0.2) is 168 Å². The number of allylic oxidation sites excluding steroid dienone is 5. The normalized spacial score (nSPS) is 13.4. The van der Waals surface area contributed by atoms with Gasteiger partial charge < -0.3 is 24.8 Å². The van der Waals surface area contributed by atoms with E-state index in [9.17, 15) is 14.4 Å². The third kappa shape index (κ3) is 13.6. The van der Waals surface area contributed by atoms with Crippen molar-refractivity contribution in [3.05, 3.63) is 196 Å². The second kappa shape index (κ2) is 25.2. The maximum Gasteiger partial charge on any atom is 0.407 e. The Balaban J connectivity index is 1.23. The van der Waals surface area contributed by atoms with E-state index in [1.807, 2.05) is 84.9 Å². The molecule has 0 spiro atoms. The van der Waals surface area contributed by atoms with Gasteiger partial charge >= 0.3 is 12.1 Å². The number of carbonyl (C=O) groups is 3. The first-order chi connectivity index (χ1) is 32.5. The van der Waals surface area contributed by atoms with Crippen molar-refractivity contribution in [3.8, 4) is 16.9 Å². The maximum absolute atomic E-state index is 14.7. The molecular formula is C57H64N2O6S2. The van der Waals surface area contributed by atoms with Crippen molar-refractivity contribution in [2.45, 2.75) is 76.1 Å². The van der Waals surface area contributed by atoms with Crippen LogP contribution >= 0.6 is 23.5 Å². The van der Waals surface area contributed by atoms with Crippen LogP contribution in [0.4, 0.5) is 4.79 Å². The Hall–Kier alpha value is -5.97. The van der Waals surface area contributed by atoms with Crippen LogP contribution in [0.25, 0.3) is 11.1 Å². The van der Waals surface area contributed by atoms with Crippen LogP contribution in [0.5, 0.6) is 5.75 Å². The van der Waals surface area contributed by atoms with E-state index in [0.29, 0.717) is 11.5 Å². The highest BCUT2D eigenvalue weighted by atomic mass is 32.2. The predicted octanol–water partition coefficient (Wildman–Crippen LogP) is 12.4. The molecular weight excluding hydrogens is 873 g/mol. The number of fused-ring (bicyclic) bond motifs is 3. The Morgan fingerprint density at radius 3 is 1.73 bits per heavy atom. The van der Waals surface area contributed by atoms with Gasteiger partial charge in [0.1, 0.15) is 24.4 Å². The Labute approximate surface area is 406 Å². The van der Waals surface area contributed by atoms with E-state index < -0.39 is 34.8 Å². The second-order valence-electron chi connectivity index (χ2n) is 17.1. The summed E-state index contributed by atoms with van der Waals surface area (Å²) in [7, 11) is 2.95. The summed E-state index contributed by atoms with van der Waals surface area (Å²) >= 11 is 3.05. The van der Waals surface area contributed by atoms with Gasteiger partial charge in [-0.2, -0.15) is 11.8 Å². The van der Waals surface area contributed by atoms with E-state index in [-0.39, 0.29) is 24.0 Å². The third-order valence-corrected chi connectivity index (χ3v) is 14.6. The fourth-order valence-electron chi connectivity index (χ4n) is 8.40. The van der Waals surface area contributed by atoms with Crippen LogP contribution in [-0.2, 0) is 23.8 Å². The number of methoxy groups -OCH3 is 2. The number of nitrogens with one attached hydrogen (secondary N) is 2. The topological polar surface area (TPSA) is 103 Å². The molecule has 2 N–H and O–H groups in total. The number of hydrogen-bond acceptors (Lipinski definition) is 8. The number of rotatable bonds is 23. The summed E-state index contributed by atoms with van der Waals surface area (Å²) in [6.45, 7) is 8.65. The van der Waals surface area contributed by atoms with Gasteiger partial charge in [0.25, 0.3) is 0 Å². The quantitative estimate of drug-likeness (QED) is 0.0289. The van der Waals surface area contributed by atoms with Gasteiger partial charge in [-0.15, -0.1) is 11.8 Å². The lowest BCUT2D eigenvalue weighted by Gasteiger charge is -2.36. The maximum atomic E-state index is 14.7. The van der Waals surface area contributed by atoms with E-state index >= 15 is 0 Å². The number of esters is 1. The molecule has 350 valence electrons. The van der Waals surface area contributed by atoms with Crippen LogP contribution in [-0.4, -0.2) is 68.1 Å². The summed E-state index contributed by atoms with van der Waals surface area (Å²) in [4.78, 5) is 42.0. The van der Waals surface area contributed by atoms with Crippen LogP contribution in [0.2, 0.25) is 0 Å². The van der Waals surface area contributed by atoms with E-state index in [2.05, 4.69) is 105 Å². The zero-order chi connectivity index (χ0) is 47.6. The molecule has 0 saturated heterocycles. The van der Waals surface area contributed by atoms with Crippen LogP contribution < -0.4 is 15.4 Å². The molecule has 0 heterocycles. The molecule has 2 amide bonds. The lowest BCUT2D eigenvalue weighted by atomic mass is 9.84. The minimum atomic E-state index is -1.12. The molecule has 1 aliphatic carbocycles. The van der Waals surface area contributed by atoms with Crippen molar-refractivity contribution in [3.63, 3.8) is 0 Å². The summed E-state index contributed by atoms with van der Waals surface area (Å²) in [5, 5.41) is 5.89. The van der Waals surface area contributed by atoms with Crippen molar-refractivity contribution in [1.29, 1.82) is 0 Å². The highest BCUT2D eigenvalue weighted by molar-refractivity contribution is 8.00. The molecule has 67 heavy (non-hydrogen) atoms. The second-order valence-corrected chi connectivity index (χ2v) is 19.4. The Bertz CT molecular complexity index is 2410. The highest BCUT2D eigenvalue weighted by Crippen LogP contribution is 2.49. The lowest BCUT2D eigenvalue weighted by Crippen LogP contribution is -2.54. The Kier molecular flexibility index (Phi) is 19.0. The first-order valence-corrected chi connectivity index (χ1v) is 25.1. The van der Waals surface area contributed by atoms with Gasteiger partial charge in [0, 0.05) is 23.2 Å². The Morgan fingerprint density at radius 1 is 0.627 bits per heavy atom. The SMILES string of the molecule is COC(=O)[C@H](CSC/C=C(\C)CC/C=C(\C)CCC=C(C)C)NC(=O)[C@H](CSC(c1ccccc1)(c1ccccc1)c1ccc(OC)cc1)NC(=O)OCC1c2ccccc2-c2ccccc21. The first-order valence-electron chi connectivity index (χ1n) is 23.0. The first kappa shape index (κ1) is 50.4. The molecule has 0 radical (unpaired) electrons. The predicted molar refractivity (Wildman–Crippen MR) is 277 cm³/mol. The highest BCUT2D eigenvalue weighted by Gasteiger charge is 2.40. The van der Waals surface area contributed by atoms with Crippen molar-refractivity contribution >= 4 is 41.5 Å². The zero-order valence-corrected chi connectivity index (χ0v) is 41.2. The number of thioether (sulfide) groups is 2. The van der Waals surface area contributed by atoms with Gasteiger partial charge in [0.05, 0.1) is 19.0 Å². The monoisotopic (exact) mass is 936 g/mol. The van der Waals surface area contributed by atoms with Gasteiger partial charge in [0.2, 0.25) is 5.91 Å². The van der Waals surface area contributed by atoms with Crippen LogP contribution in [0.1, 0.15) is 87.1 Å². The molecule has 1 aliphatic rings. The summed E-state index contributed by atoms with van der Waals surface area (Å²) < 4.78 is 15.9. The minimum Gasteiger partial charge on any atom is -0.497 e. The average molecular weight is 937 g/mol. The fourth-order valence-corrected chi connectivity index (χ4v) is 11.0. The molecule has 0 aliphatic heterocycles. The number of alkyl carbamates (subject to hydrolysis) is 1. The Morgan fingerprint density at radius 2 is 1.16 bits per heavy atom. The minimum absolute atomic E-state index is 0.0751. The smallest absolute Gasteiger partial charge is 0.407 e. The van der Waals surface area contributed by atoms with E-state index in [4.69, 9.17) is 14.2 Å². The van der Waals surface area contributed by atoms with E-state index in [0.717, 1.165) is 64.6 Å². The van der Waals surface area contributed by atoms with E-state index in [1.165, 1.54) is 47.4 Å². The van der Waals surface area contributed by atoms with Crippen molar-refractivity contribution in [1.82, 2.24) is 10.6 Å². The van der Waals surface area contributed by atoms with Gasteiger partial charge in [-0.1, -0.05) is 156 Å². The summed E-state index contributed by atoms with van der Waals surface area (Å²) in [6, 6.07) is 42.4. The van der Waals surface area contributed by atoms with Crippen LogP contribution in [0.3, 0.4) is 0 Å². The molecule has 5 aromatic rings. The number of hydrogen-bond donors (Lipinski definition) is 2. The van der Waals surface area contributed by atoms with Gasteiger partial charge in [-0.3, -0.25) is 4.79 Å². The van der Waals surface area contributed by atoms with Crippen molar-refractivity contribution in [2.75, 3.05) is 38.1 Å². The van der Waals surface area contributed by atoms with Crippen LogP contribution in [0, 0.1) is 0 Å². The lowest BCUT2D eigenvalue weighted by molar-refractivity contribution is -0.144. The van der Waals surface area contributed by atoms with E-state index in [1.54, 1.807) is 7.11 Å². The summed E-state index contributed by atoms with van der Waals surface area (Å²) in [6.07, 6.45) is 10.1. The molecule has 8 nitrogen and oxygen atoms in total. The van der Waals surface area contributed by atoms with Gasteiger partial charge in [-0.25, -0.2) is 9.59 Å². The fraction of sp³-hybridized carbons (Fsp3) is 0.316. The van der Waals surface area contributed by atoms with Gasteiger partial charge in [-0.05, 0) is 104 Å². The molecule has 0 fully saturated rings. The number of ether oxygens (including phenoxy) is 3. The molecule has 0 saturated carbocycles. The van der Waals surface area contributed by atoms with Crippen molar-refractivity contribution < 1.29 is 28.6 Å². The summed E-state index contributed by atoms with van der Waals surface area (Å²) in [5.41, 5.74) is 11.3. The molecule has 0 bridgehead atoms. The number of benzene rings is 5. The zero-order valence-electron chi connectivity index (χ0n) is 39.6. The molecule has 2 atom stereocenters. The average Bonchev–Trinajstić information content (AvgIpc) is 3.67.